The number of anilines is 1. The molecule has 0 amide bonds. The zero-order valence-electron chi connectivity index (χ0n) is 13.2. The monoisotopic (exact) mass is 277 g/mol. The third-order valence-electron chi connectivity index (χ3n) is 3.89. The summed E-state index contributed by atoms with van der Waals surface area (Å²) in [6, 6.07) is 6.55. The fourth-order valence-electron chi connectivity index (χ4n) is 2.94. The Bertz CT molecular complexity index is 443. The van der Waals surface area contributed by atoms with Gasteiger partial charge in [-0.05, 0) is 50.7 Å². The Hall–Kier alpha value is -1.38. The molecule has 0 saturated heterocycles. The van der Waals surface area contributed by atoms with Crippen LogP contribution in [0.1, 0.15) is 47.0 Å². The second-order valence-electron chi connectivity index (χ2n) is 6.27. The van der Waals surface area contributed by atoms with E-state index in [9.17, 15) is 0 Å². The van der Waals surface area contributed by atoms with E-state index >= 15 is 0 Å². The quantitative estimate of drug-likeness (QED) is 0.832. The standard InChI is InChI=1S/C17H27NO2/c1-5-19-14-7-8-16(20-6-2)15(11-14)18-13-9-10-17(3,4)12-13/h7-8,11,13,18H,5-6,9-10,12H2,1-4H3. The first-order chi connectivity index (χ1) is 9.54. The molecular formula is C17H27NO2. The summed E-state index contributed by atoms with van der Waals surface area (Å²) in [4.78, 5) is 0. The Morgan fingerprint density at radius 1 is 1.20 bits per heavy atom. The van der Waals surface area contributed by atoms with Crippen molar-refractivity contribution in [3.05, 3.63) is 18.2 Å². The summed E-state index contributed by atoms with van der Waals surface area (Å²) in [5.41, 5.74) is 1.50. The van der Waals surface area contributed by atoms with Crippen LogP contribution in [0.3, 0.4) is 0 Å². The molecule has 1 saturated carbocycles. The zero-order chi connectivity index (χ0) is 14.6. The summed E-state index contributed by atoms with van der Waals surface area (Å²) in [6.07, 6.45) is 3.70. The van der Waals surface area contributed by atoms with Gasteiger partial charge in [-0.1, -0.05) is 13.8 Å². The molecule has 1 fully saturated rings. The average Bonchev–Trinajstić information content (AvgIpc) is 2.72. The van der Waals surface area contributed by atoms with E-state index < -0.39 is 0 Å². The van der Waals surface area contributed by atoms with Gasteiger partial charge in [0.15, 0.2) is 0 Å². The lowest BCUT2D eigenvalue weighted by Crippen LogP contribution is -2.18. The highest BCUT2D eigenvalue weighted by Gasteiger charge is 2.31. The first-order valence-electron chi connectivity index (χ1n) is 7.70. The third-order valence-corrected chi connectivity index (χ3v) is 3.89. The predicted octanol–water partition coefficient (Wildman–Crippen LogP) is 4.47. The molecule has 1 unspecified atom stereocenters. The Kier molecular flexibility index (Phi) is 4.79. The lowest BCUT2D eigenvalue weighted by Gasteiger charge is -2.20. The maximum Gasteiger partial charge on any atom is 0.142 e. The van der Waals surface area contributed by atoms with Gasteiger partial charge in [0.25, 0.3) is 0 Å². The third kappa shape index (κ3) is 3.81. The molecule has 1 aromatic rings. The molecule has 112 valence electrons. The molecule has 0 spiro atoms. The van der Waals surface area contributed by atoms with Crippen LogP contribution in [0.15, 0.2) is 18.2 Å². The maximum atomic E-state index is 5.71. The molecule has 0 radical (unpaired) electrons. The fraction of sp³-hybridized carbons (Fsp3) is 0.647. The molecule has 2 rings (SSSR count). The summed E-state index contributed by atoms with van der Waals surface area (Å²) in [5.74, 6) is 1.82. The zero-order valence-corrected chi connectivity index (χ0v) is 13.2. The summed E-state index contributed by atoms with van der Waals surface area (Å²) < 4.78 is 11.3. The first-order valence-corrected chi connectivity index (χ1v) is 7.70. The molecule has 0 bridgehead atoms. The average molecular weight is 277 g/mol. The van der Waals surface area contributed by atoms with Crippen LogP contribution < -0.4 is 14.8 Å². The number of rotatable bonds is 6. The second kappa shape index (κ2) is 6.38. The second-order valence-corrected chi connectivity index (χ2v) is 6.27. The molecular weight excluding hydrogens is 250 g/mol. The van der Waals surface area contributed by atoms with Crippen LogP contribution in [-0.4, -0.2) is 19.3 Å². The van der Waals surface area contributed by atoms with E-state index in [4.69, 9.17) is 9.47 Å². The predicted molar refractivity (Wildman–Crippen MR) is 83.8 cm³/mol. The highest BCUT2D eigenvalue weighted by molar-refractivity contribution is 5.60. The Labute approximate surface area is 122 Å². The van der Waals surface area contributed by atoms with Gasteiger partial charge >= 0.3 is 0 Å². The van der Waals surface area contributed by atoms with E-state index in [1.807, 2.05) is 26.0 Å². The Balaban J connectivity index is 2.13. The van der Waals surface area contributed by atoms with E-state index in [2.05, 4.69) is 25.2 Å². The molecule has 1 N–H and O–H groups in total. The SMILES string of the molecule is CCOc1ccc(OCC)c(NC2CCC(C)(C)C2)c1. The van der Waals surface area contributed by atoms with Crippen LogP contribution in [-0.2, 0) is 0 Å². The smallest absolute Gasteiger partial charge is 0.142 e. The van der Waals surface area contributed by atoms with E-state index in [0.717, 1.165) is 17.2 Å². The minimum atomic E-state index is 0.445. The van der Waals surface area contributed by atoms with Crippen molar-refractivity contribution in [2.45, 2.75) is 53.0 Å². The van der Waals surface area contributed by atoms with E-state index in [1.165, 1.54) is 19.3 Å². The van der Waals surface area contributed by atoms with Crippen LogP contribution in [0.2, 0.25) is 0 Å². The van der Waals surface area contributed by atoms with Gasteiger partial charge in [0.05, 0.1) is 18.9 Å². The summed E-state index contributed by atoms with van der Waals surface area (Å²) in [6.45, 7) is 10.1. The lowest BCUT2D eigenvalue weighted by atomic mass is 9.92. The van der Waals surface area contributed by atoms with Gasteiger partial charge in [-0.3, -0.25) is 0 Å². The molecule has 0 aromatic heterocycles. The van der Waals surface area contributed by atoms with E-state index in [1.54, 1.807) is 0 Å². The summed E-state index contributed by atoms with van der Waals surface area (Å²) in [7, 11) is 0. The van der Waals surface area contributed by atoms with Crippen molar-refractivity contribution in [1.29, 1.82) is 0 Å². The Morgan fingerprint density at radius 2 is 1.95 bits per heavy atom. The van der Waals surface area contributed by atoms with E-state index in [0.29, 0.717) is 24.7 Å². The van der Waals surface area contributed by atoms with Crippen LogP contribution in [0.25, 0.3) is 0 Å². The van der Waals surface area contributed by atoms with Crippen LogP contribution >= 0.6 is 0 Å². The number of hydrogen-bond acceptors (Lipinski definition) is 3. The molecule has 0 heterocycles. The van der Waals surface area contributed by atoms with Crippen LogP contribution in [0.5, 0.6) is 11.5 Å². The van der Waals surface area contributed by atoms with Crippen molar-refractivity contribution in [2.24, 2.45) is 5.41 Å². The lowest BCUT2D eigenvalue weighted by molar-refractivity contribution is 0.331. The minimum Gasteiger partial charge on any atom is -0.494 e. The van der Waals surface area contributed by atoms with Crippen molar-refractivity contribution >= 4 is 5.69 Å². The minimum absolute atomic E-state index is 0.445. The van der Waals surface area contributed by atoms with Crippen molar-refractivity contribution in [3.63, 3.8) is 0 Å². The van der Waals surface area contributed by atoms with Gasteiger partial charge in [-0.25, -0.2) is 0 Å². The van der Waals surface area contributed by atoms with Crippen molar-refractivity contribution in [2.75, 3.05) is 18.5 Å². The van der Waals surface area contributed by atoms with Gasteiger partial charge < -0.3 is 14.8 Å². The largest absolute Gasteiger partial charge is 0.494 e. The molecule has 3 heteroatoms. The number of nitrogens with one attached hydrogen (secondary N) is 1. The number of ether oxygens (including phenoxy) is 2. The van der Waals surface area contributed by atoms with Crippen molar-refractivity contribution < 1.29 is 9.47 Å². The molecule has 0 aliphatic heterocycles. The highest BCUT2D eigenvalue weighted by Crippen LogP contribution is 2.40. The number of hydrogen-bond donors (Lipinski definition) is 1. The highest BCUT2D eigenvalue weighted by atomic mass is 16.5. The van der Waals surface area contributed by atoms with Crippen LogP contribution in [0, 0.1) is 5.41 Å². The van der Waals surface area contributed by atoms with Gasteiger partial charge in [-0.15, -0.1) is 0 Å². The molecule has 3 nitrogen and oxygen atoms in total. The fourth-order valence-corrected chi connectivity index (χ4v) is 2.94. The summed E-state index contributed by atoms with van der Waals surface area (Å²) >= 11 is 0. The molecule has 1 aliphatic carbocycles. The Morgan fingerprint density at radius 3 is 2.55 bits per heavy atom. The van der Waals surface area contributed by atoms with Gasteiger partial charge in [0.2, 0.25) is 0 Å². The van der Waals surface area contributed by atoms with Crippen molar-refractivity contribution in [1.82, 2.24) is 0 Å². The van der Waals surface area contributed by atoms with Gasteiger partial charge in [-0.2, -0.15) is 0 Å². The molecule has 1 aliphatic rings. The number of benzene rings is 1. The topological polar surface area (TPSA) is 30.5 Å². The summed E-state index contributed by atoms with van der Waals surface area (Å²) in [5, 5.41) is 3.64. The molecule has 1 aromatic carbocycles. The van der Waals surface area contributed by atoms with Crippen LogP contribution in [0.4, 0.5) is 5.69 Å². The normalized spacial score (nSPS) is 20.7. The maximum absolute atomic E-state index is 5.71. The first kappa shape index (κ1) is 15.0. The van der Waals surface area contributed by atoms with Gasteiger partial charge in [0, 0.05) is 12.1 Å². The van der Waals surface area contributed by atoms with Crippen molar-refractivity contribution in [3.8, 4) is 11.5 Å². The van der Waals surface area contributed by atoms with Gasteiger partial charge in [0.1, 0.15) is 11.5 Å². The molecule has 20 heavy (non-hydrogen) atoms. The molecule has 1 atom stereocenters. The van der Waals surface area contributed by atoms with E-state index in [-0.39, 0.29) is 0 Å².